The molecule has 0 radical (unpaired) electrons. The molecule has 0 aromatic heterocycles. The monoisotopic (exact) mass is 285 g/mol. The number of nitrogens with one attached hydrogen (secondary N) is 1. The van der Waals surface area contributed by atoms with Crippen LogP contribution >= 0.6 is 0 Å². The molecule has 1 aromatic rings. The van der Waals surface area contributed by atoms with Crippen molar-refractivity contribution in [2.75, 3.05) is 6.54 Å². The predicted octanol–water partition coefficient (Wildman–Crippen LogP) is 5.13. The maximum atomic E-state index is 3.97. The van der Waals surface area contributed by atoms with Crippen LogP contribution in [0, 0.1) is 11.8 Å². The molecule has 4 atom stereocenters. The first-order valence-corrected chi connectivity index (χ1v) is 9.13. The van der Waals surface area contributed by atoms with Gasteiger partial charge in [-0.1, -0.05) is 69.4 Å². The standard InChI is InChI=1S/C20H31N/c1-16-9-5-6-12-18(16)15-21-20-14-8-7-13-19(20)17-10-3-2-4-11-17/h2-4,10-11,16,18-21H,5-9,12-15H2,1H3. The Balaban J connectivity index is 1.59. The van der Waals surface area contributed by atoms with Gasteiger partial charge in [0, 0.05) is 6.04 Å². The van der Waals surface area contributed by atoms with E-state index in [4.69, 9.17) is 0 Å². The van der Waals surface area contributed by atoms with E-state index in [0.717, 1.165) is 17.8 Å². The molecular weight excluding hydrogens is 254 g/mol. The zero-order valence-electron chi connectivity index (χ0n) is 13.6. The second-order valence-corrected chi connectivity index (χ2v) is 7.34. The van der Waals surface area contributed by atoms with E-state index in [1.54, 1.807) is 5.56 Å². The Hall–Kier alpha value is -0.820. The summed E-state index contributed by atoms with van der Waals surface area (Å²) in [6.07, 6.45) is 11.3. The lowest BCUT2D eigenvalue weighted by atomic mass is 9.78. The normalized spacial score (nSPS) is 33.8. The lowest BCUT2D eigenvalue weighted by molar-refractivity contribution is 0.224. The molecule has 0 saturated heterocycles. The summed E-state index contributed by atoms with van der Waals surface area (Å²) in [7, 11) is 0. The fraction of sp³-hybridized carbons (Fsp3) is 0.700. The second kappa shape index (κ2) is 7.45. The SMILES string of the molecule is CC1CCCCC1CNC1CCCCC1c1ccccc1. The summed E-state index contributed by atoms with van der Waals surface area (Å²) in [5.74, 6) is 2.57. The topological polar surface area (TPSA) is 12.0 Å². The third-order valence-electron chi connectivity index (χ3n) is 5.93. The van der Waals surface area contributed by atoms with Crippen LogP contribution in [-0.4, -0.2) is 12.6 Å². The van der Waals surface area contributed by atoms with Gasteiger partial charge in [0.15, 0.2) is 0 Å². The summed E-state index contributed by atoms with van der Waals surface area (Å²) in [6.45, 7) is 3.70. The maximum absolute atomic E-state index is 3.97. The molecule has 0 amide bonds. The Bertz CT molecular complexity index is 413. The highest BCUT2D eigenvalue weighted by Crippen LogP contribution is 2.34. The Kier molecular flexibility index (Phi) is 5.35. The Labute approximate surface area is 130 Å². The quantitative estimate of drug-likeness (QED) is 0.808. The van der Waals surface area contributed by atoms with Gasteiger partial charge in [0.2, 0.25) is 0 Å². The van der Waals surface area contributed by atoms with Gasteiger partial charge in [0.05, 0.1) is 0 Å². The van der Waals surface area contributed by atoms with Crippen LogP contribution in [-0.2, 0) is 0 Å². The Morgan fingerprint density at radius 3 is 2.43 bits per heavy atom. The summed E-state index contributed by atoms with van der Waals surface area (Å²) in [5, 5.41) is 3.97. The highest BCUT2D eigenvalue weighted by atomic mass is 14.9. The average molecular weight is 285 g/mol. The number of hydrogen-bond acceptors (Lipinski definition) is 1. The van der Waals surface area contributed by atoms with Crippen LogP contribution in [0.5, 0.6) is 0 Å². The minimum absolute atomic E-state index is 0.704. The molecule has 1 nitrogen and oxygen atoms in total. The van der Waals surface area contributed by atoms with E-state index < -0.39 is 0 Å². The minimum Gasteiger partial charge on any atom is -0.313 e. The van der Waals surface area contributed by atoms with E-state index in [1.165, 1.54) is 57.9 Å². The highest BCUT2D eigenvalue weighted by molar-refractivity contribution is 5.22. The van der Waals surface area contributed by atoms with Crippen molar-refractivity contribution < 1.29 is 0 Å². The van der Waals surface area contributed by atoms with Gasteiger partial charge in [-0.3, -0.25) is 0 Å². The lowest BCUT2D eigenvalue weighted by Gasteiger charge is -2.36. The first-order valence-electron chi connectivity index (χ1n) is 9.13. The van der Waals surface area contributed by atoms with Crippen molar-refractivity contribution in [1.29, 1.82) is 0 Å². The number of rotatable bonds is 4. The van der Waals surface area contributed by atoms with Gasteiger partial charge in [0.1, 0.15) is 0 Å². The summed E-state index contributed by atoms with van der Waals surface area (Å²) >= 11 is 0. The second-order valence-electron chi connectivity index (χ2n) is 7.34. The highest BCUT2D eigenvalue weighted by Gasteiger charge is 2.28. The summed E-state index contributed by atoms with van der Waals surface area (Å²) in [5.41, 5.74) is 1.55. The molecule has 0 bridgehead atoms. The fourth-order valence-corrected chi connectivity index (χ4v) is 4.47. The third kappa shape index (κ3) is 3.88. The molecule has 2 aliphatic carbocycles. The van der Waals surface area contributed by atoms with Crippen LogP contribution in [0.1, 0.15) is 69.8 Å². The molecule has 116 valence electrons. The lowest BCUT2D eigenvalue weighted by Crippen LogP contribution is -2.41. The molecule has 0 spiro atoms. The van der Waals surface area contributed by atoms with Crippen LogP contribution in [0.25, 0.3) is 0 Å². The van der Waals surface area contributed by atoms with Crippen molar-refractivity contribution in [3.8, 4) is 0 Å². The van der Waals surface area contributed by atoms with Crippen molar-refractivity contribution in [2.45, 2.75) is 70.3 Å². The van der Waals surface area contributed by atoms with Crippen LogP contribution in [0.3, 0.4) is 0 Å². The molecule has 0 aliphatic heterocycles. The smallest absolute Gasteiger partial charge is 0.0136 e. The average Bonchev–Trinajstić information content (AvgIpc) is 2.55. The molecule has 3 rings (SSSR count). The molecule has 1 N–H and O–H groups in total. The Morgan fingerprint density at radius 2 is 1.62 bits per heavy atom. The predicted molar refractivity (Wildman–Crippen MR) is 90.6 cm³/mol. The first kappa shape index (κ1) is 15.1. The van der Waals surface area contributed by atoms with Crippen molar-refractivity contribution in [1.82, 2.24) is 5.32 Å². The first-order chi connectivity index (χ1) is 10.3. The van der Waals surface area contributed by atoms with Crippen LogP contribution in [0.4, 0.5) is 0 Å². The van der Waals surface area contributed by atoms with Gasteiger partial charge in [-0.05, 0) is 49.1 Å². The molecule has 0 heterocycles. The third-order valence-corrected chi connectivity index (χ3v) is 5.93. The molecule has 4 unspecified atom stereocenters. The van der Waals surface area contributed by atoms with Crippen molar-refractivity contribution in [3.05, 3.63) is 35.9 Å². The van der Waals surface area contributed by atoms with Crippen LogP contribution in [0.15, 0.2) is 30.3 Å². The molecule has 1 aromatic carbocycles. The maximum Gasteiger partial charge on any atom is 0.0136 e. The largest absolute Gasteiger partial charge is 0.313 e. The van der Waals surface area contributed by atoms with Crippen molar-refractivity contribution >= 4 is 0 Å². The zero-order chi connectivity index (χ0) is 14.5. The van der Waals surface area contributed by atoms with Gasteiger partial charge in [0.25, 0.3) is 0 Å². The van der Waals surface area contributed by atoms with E-state index >= 15 is 0 Å². The van der Waals surface area contributed by atoms with Gasteiger partial charge in [-0.25, -0.2) is 0 Å². The van der Waals surface area contributed by atoms with E-state index in [2.05, 4.69) is 42.6 Å². The molecule has 21 heavy (non-hydrogen) atoms. The molecule has 1 heteroatoms. The van der Waals surface area contributed by atoms with Gasteiger partial charge < -0.3 is 5.32 Å². The van der Waals surface area contributed by atoms with E-state index in [1.807, 2.05) is 0 Å². The van der Waals surface area contributed by atoms with E-state index in [0.29, 0.717) is 6.04 Å². The van der Waals surface area contributed by atoms with Gasteiger partial charge in [-0.15, -0.1) is 0 Å². The van der Waals surface area contributed by atoms with Crippen molar-refractivity contribution in [2.24, 2.45) is 11.8 Å². The molecular formula is C20H31N. The van der Waals surface area contributed by atoms with Crippen LogP contribution in [0.2, 0.25) is 0 Å². The number of hydrogen-bond donors (Lipinski definition) is 1. The van der Waals surface area contributed by atoms with E-state index in [-0.39, 0.29) is 0 Å². The number of benzene rings is 1. The minimum atomic E-state index is 0.704. The zero-order valence-corrected chi connectivity index (χ0v) is 13.6. The van der Waals surface area contributed by atoms with E-state index in [9.17, 15) is 0 Å². The summed E-state index contributed by atoms with van der Waals surface area (Å²) < 4.78 is 0. The molecule has 2 aliphatic rings. The molecule has 2 fully saturated rings. The van der Waals surface area contributed by atoms with Crippen LogP contribution < -0.4 is 5.32 Å². The Morgan fingerprint density at radius 1 is 0.905 bits per heavy atom. The summed E-state index contributed by atoms with van der Waals surface area (Å²) in [4.78, 5) is 0. The van der Waals surface area contributed by atoms with Gasteiger partial charge >= 0.3 is 0 Å². The molecule has 2 saturated carbocycles. The fourth-order valence-electron chi connectivity index (χ4n) is 4.47. The van der Waals surface area contributed by atoms with Gasteiger partial charge in [-0.2, -0.15) is 0 Å². The summed E-state index contributed by atoms with van der Waals surface area (Å²) in [6, 6.07) is 11.9. The van der Waals surface area contributed by atoms with Crippen molar-refractivity contribution in [3.63, 3.8) is 0 Å².